The number of H-pyrrole nitrogens is 1. The predicted octanol–water partition coefficient (Wildman–Crippen LogP) is 1.69. The molecule has 2 heterocycles. The Kier molecular flexibility index (Phi) is 3.11. The number of nitrogens with two attached hydrogens (primary N) is 1. The fourth-order valence-electron chi connectivity index (χ4n) is 1.86. The van der Waals surface area contributed by atoms with E-state index in [1.807, 2.05) is 0 Å². The lowest BCUT2D eigenvalue weighted by Gasteiger charge is -2.11. The van der Waals surface area contributed by atoms with Crippen LogP contribution in [-0.4, -0.2) is 26.1 Å². The van der Waals surface area contributed by atoms with Crippen LogP contribution in [0.25, 0.3) is 11.0 Å². The molecule has 21 heavy (non-hydrogen) atoms. The molecule has 0 saturated heterocycles. The second kappa shape index (κ2) is 5.08. The maximum atomic E-state index is 11.2. The minimum atomic E-state index is -0.193. The SMILES string of the molecule is CC(=O)Nc1ccccc1Oc1nc(N)nc2[nH]ncc12. The molecule has 0 radical (unpaired) electrons. The number of benzene rings is 1. The Hall–Kier alpha value is -3.16. The number of carbonyl (C=O) groups is 1. The van der Waals surface area contributed by atoms with Crippen molar-refractivity contribution < 1.29 is 9.53 Å². The molecule has 106 valence electrons. The highest BCUT2D eigenvalue weighted by atomic mass is 16.5. The van der Waals surface area contributed by atoms with Crippen LogP contribution in [0.15, 0.2) is 30.5 Å². The molecule has 2 aromatic heterocycles. The zero-order valence-electron chi connectivity index (χ0n) is 11.1. The summed E-state index contributed by atoms with van der Waals surface area (Å²) in [7, 11) is 0. The number of para-hydroxylation sites is 2. The van der Waals surface area contributed by atoms with Gasteiger partial charge in [-0.15, -0.1) is 0 Å². The minimum Gasteiger partial charge on any atom is -0.436 e. The molecular formula is C13H12N6O2. The highest BCUT2D eigenvalue weighted by Gasteiger charge is 2.12. The molecule has 1 amide bonds. The van der Waals surface area contributed by atoms with Gasteiger partial charge in [-0.2, -0.15) is 15.1 Å². The Bertz CT molecular complexity index is 813. The summed E-state index contributed by atoms with van der Waals surface area (Å²) in [5.41, 5.74) is 6.66. The van der Waals surface area contributed by atoms with E-state index in [0.29, 0.717) is 22.5 Å². The third-order valence-electron chi connectivity index (χ3n) is 2.70. The summed E-state index contributed by atoms with van der Waals surface area (Å²) >= 11 is 0. The number of anilines is 2. The second-order valence-electron chi connectivity index (χ2n) is 4.30. The fourth-order valence-corrected chi connectivity index (χ4v) is 1.86. The second-order valence-corrected chi connectivity index (χ2v) is 4.30. The van der Waals surface area contributed by atoms with Crippen LogP contribution in [0.2, 0.25) is 0 Å². The van der Waals surface area contributed by atoms with Crippen molar-refractivity contribution >= 4 is 28.6 Å². The van der Waals surface area contributed by atoms with E-state index in [0.717, 1.165) is 0 Å². The first-order valence-corrected chi connectivity index (χ1v) is 6.14. The molecule has 1 aromatic carbocycles. The lowest BCUT2D eigenvalue weighted by atomic mass is 10.3. The number of nitrogens with one attached hydrogen (secondary N) is 2. The van der Waals surface area contributed by atoms with E-state index in [-0.39, 0.29) is 17.7 Å². The number of hydrogen-bond acceptors (Lipinski definition) is 6. The summed E-state index contributed by atoms with van der Waals surface area (Å²) in [5, 5.41) is 9.87. The largest absolute Gasteiger partial charge is 0.436 e. The summed E-state index contributed by atoms with van der Waals surface area (Å²) in [6.45, 7) is 1.42. The number of carbonyl (C=O) groups excluding carboxylic acids is 1. The summed E-state index contributed by atoms with van der Waals surface area (Å²) in [5.74, 6) is 0.595. The summed E-state index contributed by atoms with van der Waals surface area (Å²) in [6.07, 6.45) is 1.55. The summed E-state index contributed by atoms with van der Waals surface area (Å²) in [4.78, 5) is 19.3. The molecule has 0 bridgehead atoms. The Morgan fingerprint density at radius 3 is 2.95 bits per heavy atom. The quantitative estimate of drug-likeness (QED) is 0.673. The normalized spacial score (nSPS) is 10.5. The van der Waals surface area contributed by atoms with Gasteiger partial charge in [0.2, 0.25) is 17.7 Å². The maximum Gasteiger partial charge on any atom is 0.235 e. The standard InChI is InChI=1S/C13H12N6O2/c1-7(20)16-9-4-2-3-5-10(9)21-12-8-6-15-19-11(8)17-13(14)18-12/h2-6H,1H3,(H,16,20)(H3,14,15,17,18,19). The Labute approximate surface area is 119 Å². The van der Waals surface area contributed by atoms with Crippen LogP contribution in [0.4, 0.5) is 11.6 Å². The van der Waals surface area contributed by atoms with Crippen molar-refractivity contribution in [3.8, 4) is 11.6 Å². The van der Waals surface area contributed by atoms with E-state index < -0.39 is 0 Å². The first-order chi connectivity index (χ1) is 10.1. The molecule has 0 saturated carbocycles. The lowest BCUT2D eigenvalue weighted by molar-refractivity contribution is -0.114. The molecular weight excluding hydrogens is 272 g/mol. The highest BCUT2D eigenvalue weighted by Crippen LogP contribution is 2.31. The van der Waals surface area contributed by atoms with Crippen LogP contribution in [-0.2, 0) is 4.79 Å². The number of nitrogens with zero attached hydrogens (tertiary/aromatic N) is 3. The molecule has 8 heteroatoms. The van der Waals surface area contributed by atoms with E-state index >= 15 is 0 Å². The van der Waals surface area contributed by atoms with Gasteiger partial charge in [-0.3, -0.25) is 9.89 Å². The van der Waals surface area contributed by atoms with Crippen LogP contribution in [0.1, 0.15) is 6.92 Å². The smallest absolute Gasteiger partial charge is 0.235 e. The van der Waals surface area contributed by atoms with Crippen molar-refractivity contribution in [3.05, 3.63) is 30.5 Å². The van der Waals surface area contributed by atoms with E-state index in [2.05, 4.69) is 25.5 Å². The van der Waals surface area contributed by atoms with Gasteiger partial charge < -0.3 is 15.8 Å². The van der Waals surface area contributed by atoms with Gasteiger partial charge in [0.05, 0.1) is 11.9 Å². The number of ether oxygens (including phenoxy) is 1. The topological polar surface area (TPSA) is 119 Å². The third kappa shape index (κ3) is 2.59. The zero-order valence-corrected chi connectivity index (χ0v) is 11.1. The summed E-state index contributed by atoms with van der Waals surface area (Å²) < 4.78 is 5.76. The lowest BCUT2D eigenvalue weighted by Crippen LogP contribution is -2.07. The zero-order chi connectivity index (χ0) is 14.8. The van der Waals surface area contributed by atoms with Crippen LogP contribution in [0.5, 0.6) is 11.6 Å². The van der Waals surface area contributed by atoms with Gasteiger partial charge in [0.15, 0.2) is 11.4 Å². The van der Waals surface area contributed by atoms with Gasteiger partial charge in [0.1, 0.15) is 5.39 Å². The number of rotatable bonds is 3. The first-order valence-electron chi connectivity index (χ1n) is 6.14. The van der Waals surface area contributed by atoms with E-state index in [9.17, 15) is 4.79 Å². The highest BCUT2D eigenvalue weighted by molar-refractivity contribution is 5.90. The molecule has 0 aliphatic carbocycles. The molecule has 3 rings (SSSR count). The molecule has 8 nitrogen and oxygen atoms in total. The molecule has 0 atom stereocenters. The molecule has 0 aliphatic rings. The first kappa shape index (κ1) is 12.9. The van der Waals surface area contributed by atoms with Crippen molar-refractivity contribution in [2.45, 2.75) is 6.92 Å². The number of aromatic nitrogens is 4. The molecule has 3 aromatic rings. The number of amides is 1. The van der Waals surface area contributed by atoms with Gasteiger partial charge in [-0.25, -0.2) is 0 Å². The van der Waals surface area contributed by atoms with Gasteiger partial charge in [0.25, 0.3) is 0 Å². The van der Waals surface area contributed by atoms with Crippen LogP contribution < -0.4 is 15.8 Å². The summed E-state index contributed by atoms with van der Waals surface area (Å²) in [6, 6.07) is 7.03. The van der Waals surface area contributed by atoms with Crippen molar-refractivity contribution in [2.24, 2.45) is 0 Å². The molecule has 0 aliphatic heterocycles. The van der Waals surface area contributed by atoms with Gasteiger partial charge in [-0.05, 0) is 12.1 Å². The number of hydrogen-bond donors (Lipinski definition) is 3. The maximum absolute atomic E-state index is 11.2. The number of fused-ring (bicyclic) bond motifs is 1. The Morgan fingerprint density at radius 1 is 1.33 bits per heavy atom. The molecule has 0 unspecified atom stereocenters. The van der Waals surface area contributed by atoms with Crippen molar-refractivity contribution in [1.29, 1.82) is 0 Å². The van der Waals surface area contributed by atoms with Crippen molar-refractivity contribution in [2.75, 3.05) is 11.1 Å². The Morgan fingerprint density at radius 2 is 2.14 bits per heavy atom. The van der Waals surface area contributed by atoms with Crippen LogP contribution in [0.3, 0.4) is 0 Å². The monoisotopic (exact) mass is 284 g/mol. The average Bonchev–Trinajstić information content (AvgIpc) is 2.88. The molecule has 4 N–H and O–H groups in total. The number of aromatic amines is 1. The van der Waals surface area contributed by atoms with Gasteiger partial charge in [-0.1, -0.05) is 12.1 Å². The third-order valence-corrected chi connectivity index (χ3v) is 2.70. The van der Waals surface area contributed by atoms with Gasteiger partial charge >= 0.3 is 0 Å². The average molecular weight is 284 g/mol. The fraction of sp³-hybridized carbons (Fsp3) is 0.0769. The van der Waals surface area contributed by atoms with E-state index in [1.54, 1.807) is 30.5 Å². The van der Waals surface area contributed by atoms with Gasteiger partial charge in [0, 0.05) is 6.92 Å². The predicted molar refractivity (Wildman–Crippen MR) is 76.9 cm³/mol. The van der Waals surface area contributed by atoms with Crippen molar-refractivity contribution in [3.63, 3.8) is 0 Å². The molecule has 0 spiro atoms. The van der Waals surface area contributed by atoms with Crippen LogP contribution >= 0.6 is 0 Å². The van der Waals surface area contributed by atoms with E-state index in [4.69, 9.17) is 10.5 Å². The van der Waals surface area contributed by atoms with Crippen molar-refractivity contribution in [1.82, 2.24) is 20.2 Å². The Balaban J connectivity index is 2.02. The minimum absolute atomic E-state index is 0.0683. The number of nitrogen functional groups attached to an aromatic ring is 1. The van der Waals surface area contributed by atoms with E-state index in [1.165, 1.54) is 6.92 Å². The van der Waals surface area contributed by atoms with Crippen LogP contribution in [0, 0.1) is 0 Å². The molecule has 0 fully saturated rings.